The van der Waals surface area contributed by atoms with Gasteiger partial charge in [-0.25, -0.2) is 0 Å². The molecular weight excluding hydrogens is 244 g/mol. The molecule has 1 aromatic carbocycles. The Hall–Kier alpha value is -1.26. The molecule has 1 fully saturated rings. The quantitative estimate of drug-likeness (QED) is 0.902. The fraction of sp³-hybridized carbons (Fsp3) is 0.600. The third-order valence-corrected chi connectivity index (χ3v) is 3.93. The lowest BCUT2D eigenvalue weighted by atomic mass is 9.75. The van der Waals surface area contributed by atoms with Crippen LogP contribution in [0.1, 0.15) is 24.8 Å². The number of ether oxygens (including phenoxy) is 3. The lowest BCUT2D eigenvalue weighted by molar-refractivity contribution is -0.0665. The van der Waals surface area contributed by atoms with E-state index in [1.807, 2.05) is 6.07 Å². The normalized spacial score (nSPS) is 20.5. The summed E-state index contributed by atoms with van der Waals surface area (Å²) in [6.07, 6.45) is 2.67. The molecule has 0 unspecified atom stereocenters. The number of rotatable bonds is 4. The van der Waals surface area contributed by atoms with Crippen molar-refractivity contribution in [2.24, 2.45) is 0 Å². The summed E-state index contributed by atoms with van der Waals surface area (Å²) in [5, 5.41) is 9.04. The molecule has 1 saturated heterocycles. The highest BCUT2D eigenvalue weighted by molar-refractivity contribution is 5.46. The fourth-order valence-corrected chi connectivity index (χ4v) is 2.71. The van der Waals surface area contributed by atoms with Gasteiger partial charge in [0.2, 0.25) is 0 Å². The van der Waals surface area contributed by atoms with E-state index in [1.54, 1.807) is 0 Å². The van der Waals surface area contributed by atoms with Crippen LogP contribution in [-0.2, 0) is 10.2 Å². The Morgan fingerprint density at radius 1 is 1.11 bits per heavy atom. The molecule has 0 aromatic heterocycles. The second kappa shape index (κ2) is 5.39. The molecule has 19 heavy (non-hydrogen) atoms. The molecule has 104 valence electrons. The van der Waals surface area contributed by atoms with Gasteiger partial charge in [-0.15, -0.1) is 0 Å². The van der Waals surface area contributed by atoms with Crippen LogP contribution in [0.25, 0.3) is 0 Å². The standard InChI is InChI=1S/C15H20O4/c16-6-1-5-15(10-17-11-15)12-3-4-13-14(9-12)19-8-2-7-18-13/h3-4,9,16H,1-2,5-8,10-11H2. The van der Waals surface area contributed by atoms with Gasteiger partial charge >= 0.3 is 0 Å². The Bertz CT molecular complexity index is 440. The van der Waals surface area contributed by atoms with Gasteiger partial charge in [-0.1, -0.05) is 6.07 Å². The first-order valence-corrected chi connectivity index (χ1v) is 6.93. The average molecular weight is 264 g/mol. The molecule has 0 bridgehead atoms. The minimum absolute atomic E-state index is 0.0490. The third-order valence-electron chi connectivity index (χ3n) is 3.93. The summed E-state index contributed by atoms with van der Waals surface area (Å²) >= 11 is 0. The SMILES string of the molecule is OCCCC1(c2ccc3c(c2)OCCCO3)COC1. The van der Waals surface area contributed by atoms with E-state index in [2.05, 4.69) is 12.1 Å². The number of aliphatic hydroxyl groups is 1. The van der Waals surface area contributed by atoms with Crippen molar-refractivity contribution in [2.75, 3.05) is 33.0 Å². The van der Waals surface area contributed by atoms with E-state index in [0.717, 1.165) is 44.0 Å². The third kappa shape index (κ3) is 2.42. The van der Waals surface area contributed by atoms with Crippen LogP contribution in [0.15, 0.2) is 18.2 Å². The maximum Gasteiger partial charge on any atom is 0.161 e. The molecule has 0 saturated carbocycles. The van der Waals surface area contributed by atoms with E-state index < -0.39 is 0 Å². The van der Waals surface area contributed by atoms with Crippen molar-refractivity contribution in [3.63, 3.8) is 0 Å². The van der Waals surface area contributed by atoms with Crippen LogP contribution in [0, 0.1) is 0 Å². The number of hydrogen-bond acceptors (Lipinski definition) is 4. The zero-order valence-corrected chi connectivity index (χ0v) is 11.1. The maximum absolute atomic E-state index is 9.04. The van der Waals surface area contributed by atoms with Crippen LogP contribution in [0.2, 0.25) is 0 Å². The van der Waals surface area contributed by atoms with Gasteiger partial charge in [0.05, 0.1) is 26.4 Å². The molecule has 2 heterocycles. The molecule has 1 aromatic rings. The highest BCUT2D eigenvalue weighted by atomic mass is 16.5. The zero-order chi connectivity index (χ0) is 13.1. The molecule has 4 heteroatoms. The highest BCUT2D eigenvalue weighted by Gasteiger charge is 2.40. The van der Waals surface area contributed by atoms with Crippen molar-refractivity contribution >= 4 is 0 Å². The molecule has 3 rings (SSSR count). The average Bonchev–Trinajstić information content (AvgIpc) is 2.62. The number of benzene rings is 1. The van der Waals surface area contributed by atoms with Crippen molar-refractivity contribution in [1.29, 1.82) is 0 Å². The Balaban J connectivity index is 1.85. The van der Waals surface area contributed by atoms with Crippen LogP contribution in [0.3, 0.4) is 0 Å². The first-order chi connectivity index (χ1) is 9.34. The topological polar surface area (TPSA) is 47.9 Å². The molecule has 2 aliphatic rings. The molecule has 0 atom stereocenters. The minimum atomic E-state index is 0.0490. The summed E-state index contributed by atoms with van der Waals surface area (Å²) < 4.78 is 16.8. The lowest BCUT2D eigenvalue weighted by Crippen LogP contribution is -2.46. The minimum Gasteiger partial charge on any atom is -0.490 e. The Morgan fingerprint density at radius 3 is 2.58 bits per heavy atom. The van der Waals surface area contributed by atoms with Crippen molar-refractivity contribution in [1.82, 2.24) is 0 Å². The predicted molar refractivity (Wildman–Crippen MR) is 70.9 cm³/mol. The second-order valence-corrected chi connectivity index (χ2v) is 5.31. The van der Waals surface area contributed by atoms with Gasteiger partial charge < -0.3 is 19.3 Å². The largest absolute Gasteiger partial charge is 0.490 e. The summed E-state index contributed by atoms with van der Waals surface area (Å²) in [5.74, 6) is 1.67. The van der Waals surface area contributed by atoms with Crippen LogP contribution in [-0.4, -0.2) is 38.1 Å². The van der Waals surface area contributed by atoms with Gasteiger partial charge in [-0.3, -0.25) is 0 Å². The number of aliphatic hydroxyl groups excluding tert-OH is 1. The van der Waals surface area contributed by atoms with Gasteiger partial charge in [0, 0.05) is 18.4 Å². The van der Waals surface area contributed by atoms with Crippen LogP contribution in [0.4, 0.5) is 0 Å². The Kier molecular flexibility index (Phi) is 3.62. The van der Waals surface area contributed by atoms with Crippen molar-refractivity contribution < 1.29 is 19.3 Å². The lowest BCUT2D eigenvalue weighted by Gasteiger charge is -2.42. The van der Waals surface area contributed by atoms with Crippen molar-refractivity contribution in [3.05, 3.63) is 23.8 Å². The molecule has 4 nitrogen and oxygen atoms in total. The summed E-state index contributed by atoms with van der Waals surface area (Å²) in [5.41, 5.74) is 1.28. The summed E-state index contributed by atoms with van der Waals surface area (Å²) in [6.45, 7) is 3.10. The second-order valence-electron chi connectivity index (χ2n) is 5.31. The molecule has 1 N–H and O–H groups in total. The first-order valence-electron chi connectivity index (χ1n) is 6.93. The summed E-state index contributed by atoms with van der Waals surface area (Å²) in [7, 11) is 0. The van der Waals surface area contributed by atoms with Crippen LogP contribution in [0.5, 0.6) is 11.5 Å². The molecule has 0 amide bonds. The zero-order valence-electron chi connectivity index (χ0n) is 11.1. The number of fused-ring (bicyclic) bond motifs is 1. The van der Waals surface area contributed by atoms with Gasteiger partial charge in [0.1, 0.15) is 0 Å². The Morgan fingerprint density at radius 2 is 1.89 bits per heavy atom. The van der Waals surface area contributed by atoms with E-state index in [-0.39, 0.29) is 12.0 Å². The van der Waals surface area contributed by atoms with Gasteiger partial charge in [-0.05, 0) is 30.5 Å². The molecule has 2 aliphatic heterocycles. The smallest absolute Gasteiger partial charge is 0.161 e. The van der Waals surface area contributed by atoms with Crippen LogP contribution < -0.4 is 9.47 Å². The van der Waals surface area contributed by atoms with E-state index in [0.29, 0.717) is 13.2 Å². The van der Waals surface area contributed by atoms with E-state index in [9.17, 15) is 0 Å². The van der Waals surface area contributed by atoms with E-state index >= 15 is 0 Å². The highest BCUT2D eigenvalue weighted by Crippen LogP contribution is 2.41. The fourth-order valence-electron chi connectivity index (χ4n) is 2.71. The van der Waals surface area contributed by atoms with Crippen molar-refractivity contribution in [2.45, 2.75) is 24.7 Å². The summed E-state index contributed by atoms with van der Waals surface area (Å²) in [6, 6.07) is 6.18. The predicted octanol–water partition coefficient (Wildman–Crippen LogP) is 1.89. The molecule has 0 spiro atoms. The Labute approximate surface area is 113 Å². The van der Waals surface area contributed by atoms with Crippen molar-refractivity contribution in [3.8, 4) is 11.5 Å². The molecular formula is C15H20O4. The molecule has 0 radical (unpaired) electrons. The molecule has 0 aliphatic carbocycles. The van der Waals surface area contributed by atoms with E-state index in [4.69, 9.17) is 19.3 Å². The van der Waals surface area contributed by atoms with Crippen LogP contribution >= 0.6 is 0 Å². The maximum atomic E-state index is 9.04. The van der Waals surface area contributed by atoms with Gasteiger partial charge in [-0.2, -0.15) is 0 Å². The first kappa shape index (κ1) is 12.8. The number of hydrogen-bond donors (Lipinski definition) is 1. The summed E-state index contributed by atoms with van der Waals surface area (Å²) in [4.78, 5) is 0. The monoisotopic (exact) mass is 264 g/mol. The van der Waals surface area contributed by atoms with E-state index in [1.165, 1.54) is 5.56 Å². The van der Waals surface area contributed by atoms with Gasteiger partial charge in [0.15, 0.2) is 11.5 Å². The van der Waals surface area contributed by atoms with Gasteiger partial charge in [0.25, 0.3) is 0 Å².